The Balaban J connectivity index is 0.00000200. The summed E-state index contributed by atoms with van der Waals surface area (Å²) in [5.41, 5.74) is 2.13. The number of morpholine rings is 1. The summed E-state index contributed by atoms with van der Waals surface area (Å²) in [5, 5.41) is 9.25. The van der Waals surface area contributed by atoms with E-state index >= 15 is 0 Å². The third-order valence-electron chi connectivity index (χ3n) is 2.98. The molecule has 3 N–H and O–H groups in total. The maximum Gasteiger partial charge on any atom is 0.250 e. The number of aryl methyl sites for hydroxylation is 1. The van der Waals surface area contributed by atoms with E-state index in [0.29, 0.717) is 26.2 Å². The van der Waals surface area contributed by atoms with Gasteiger partial charge in [0, 0.05) is 44.3 Å². The van der Waals surface area contributed by atoms with Crippen LogP contribution in [0.3, 0.4) is 0 Å². The molecule has 0 aliphatic carbocycles. The van der Waals surface area contributed by atoms with Crippen molar-refractivity contribution in [3.8, 4) is 0 Å². The zero-order chi connectivity index (χ0) is 13.5. The minimum absolute atomic E-state index is 0. The Kier molecular flexibility index (Phi) is 10.1. The second kappa shape index (κ2) is 10.6. The summed E-state index contributed by atoms with van der Waals surface area (Å²) in [4.78, 5) is 15.8. The highest BCUT2D eigenvalue weighted by molar-refractivity contribution is 5.85. The summed E-state index contributed by atoms with van der Waals surface area (Å²) < 4.78 is 5.37. The number of carbonyl (C=O) groups is 1. The molecule has 6 nitrogen and oxygen atoms in total. The van der Waals surface area contributed by atoms with Gasteiger partial charge in [-0.15, -0.1) is 24.8 Å². The van der Waals surface area contributed by atoms with Gasteiger partial charge in [-0.05, 0) is 18.6 Å². The van der Waals surface area contributed by atoms with Crippen molar-refractivity contribution in [3.05, 3.63) is 24.0 Å². The number of anilines is 1. The number of carbonyl (C=O) groups excluding carboxylic acids is 1. The van der Waals surface area contributed by atoms with Crippen LogP contribution < -0.4 is 16.0 Å². The molecule has 1 aromatic rings. The Morgan fingerprint density at radius 3 is 2.95 bits per heavy atom. The lowest BCUT2D eigenvalue weighted by Crippen LogP contribution is -2.48. The molecule has 1 aromatic heterocycles. The molecule has 0 bridgehead atoms. The Morgan fingerprint density at radius 2 is 2.29 bits per heavy atom. The van der Waals surface area contributed by atoms with E-state index in [1.807, 2.05) is 19.2 Å². The number of nitrogens with one attached hydrogen (secondary N) is 3. The van der Waals surface area contributed by atoms with E-state index < -0.39 is 0 Å². The molecule has 2 rings (SSSR count). The summed E-state index contributed by atoms with van der Waals surface area (Å²) in [6.07, 6.45) is 3.19. The van der Waals surface area contributed by atoms with Gasteiger partial charge in [-0.25, -0.2) is 0 Å². The minimum atomic E-state index is -0.364. The number of aromatic nitrogens is 1. The lowest BCUT2D eigenvalue weighted by Gasteiger charge is -2.22. The number of hydrogen-bond acceptors (Lipinski definition) is 5. The third kappa shape index (κ3) is 6.48. The van der Waals surface area contributed by atoms with Gasteiger partial charge in [0.25, 0.3) is 5.91 Å². The van der Waals surface area contributed by atoms with E-state index in [0.717, 1.165) is 17.8 Å². The Labute approximate surface area is 137 Å². The van der Waals surface area contributed by atoms with Gasteiger partial charge >= 0.3 is 0 Å². The molecule has 1 saturated heterocycles. The summed E-state index contributed by atoms with van der Waals surface area (Å²) in [6, 6.07) is 1.92. The van der Waals surface area contributed by atoms with Gasteiger partial charge in [0.2, 0.25) is 0 Å². The fourth-order valence-electron chi connectivity index (χ4n) is 1.90. The van der Waals surface area contributed by atoms with E-state index in [-0.39, 0.29) is 36.8 Å². The topological polar surface area (TPSA) is 75.3 Å². The molecule has 1 aliphatic rings. The predicted molar refractivity (Wildman–Crippen MR) is 87.6 cm³/mol. The van der Waals surface area contributed by atoms with Gasteiger partial charge in [-0.1, -0.05) is 0 Å². The van der Waals surface area contributed by atoms with Gasteiger partial charge in [-0.3, -0.25) is 9.78 Å². The predicted octanol–water partition coefficient (Wildman–Crippen LogP) is 0.750. The smallest absolute Gasteiger partial charge is 0.250 e. The van der Waals surface area contributed by atoms with Crippen LogP contribution in [0, 0.1) is 6.92 Å². The number of halogens is 2. The quantitative estimate of drug-likeness (QED) is 0.692. The molecular formula is C13H22Cl2N4O2. The maximum atomic E-state index is 11.8. The highest BCUT2D eigenvalue weighted by Gasteiger charge is 2.20. The van der Waals surface area contributed by atoms with E-state index in [4.69, 9.17) is 4.74 Å². The van der Waals surface area contributed by atoms with E-state index in [1.54, 1.807) is 6.20 Å². The van der Waals surface area contributed by atoms with Crippen molar-refractivity contribution in [2.45, 2.75) is 13.0 Å². The van der Waals surface area contributed by atoms with Gasteiger partial charge in [0.05, 0.1) is 6.61 Å². The average Bonchev–Trinajstić information content (AvgIpc) is 2.46. The summed E-state index contributed by atoms with van der Waals surface area (Å²) in [7, 11) is 0. The van der Waals surface area contributed by atoms with Crippen LogP contribution in [0.4, 0.5) is 5.69 Å². The number of rotatable bonds is 5. The SMILES string of the molecule is Cc1cnccc1NCCNC(=O)C1CNCCO1.Cl.Cl. The molecule has 8 heteroatoms. The van der Waals surface area contributed by atoms with Gasteiger partial charge in [-0.2, -0.15) is 0 Å². The molecule has 1 atom stereocenters. The van der Waals surface area contributed by atoms with Crippen molar-refractivity contribution < 1.29 is 9.53 Å². The second-order valence-electron chi connectivity index (χ2n) is 4.47. The molecule has 1 aliphatic heterocycles. The molecule has 0 spiro atoms. The van der Waals surface area contributed by atoms with Crippen molar-refractivity contribution in [3.63, 3.8) is 0 Å². The van der Waals surface area contributed by atoms with E-state index in [9.17, 15) is 4.79 Å². The largest absolute Gasteiger partial charge is 0.383 e. The van der Waals surface area contributed by atoms with Crippen LogP contribution >= 0.6 is 24.8 Å². The van der Waals surface area contributed by atoms with Crippen molar-refractivity contribution in [1.82, 2.24) is 15.6 Å². The molecule has 2 heterocycles. The number of amides is 1. The second-order valence-corrected chi connectivity index (χ2v) is 4.47. The van der Waals surface area contributed by atoms with Crippen LogP contribution in [0.25, 0.3) is 0 Å². The van der Waals surface area contributed by atoms with Crippen LogP contribution in [0.5, 0.6) is 0 Å². The van der Waals surface area contributed by atoms with Crippen molar-refractivity contribution in [2.75, 3.05) is 38.1 Å². The lowest BCUT2D eigenvalue weighted by molar-refractivity contribution is -0.134. The van der Waals surface area contributed by atoms with Crippen LogP contribution in [0.15, 0.2) is 18.5 Å². The molecule has 0 aromatic carbocycles. The Bertz CT molecular complexity index is 428. The standard InChI is InChI=1S/C13H20N4O2.2ClH/c1-10-8-14-3-2-11(10)16-4-5-17-13(18)12-9-15-6-7-19-12;;/h2-3,8,12,15H,4-7,9H2,1H3,(H,14,16)(H,17,18);2*1H. The molecule has 1 unspecified atom stereocenters. The first-order valence-corrected chi connectivity index (χ1v) is 6.52. The number of nitrogens with zero attached hydrogens (tertiary/aromatic N) is 1. The van der Waals surface area contributed by atoms with Gasteiger partial charge in [0.1, 0.15) is 6.10 Å². The highest BCUT2D eigenvalue weighted by atomic mass is 35.5. The maximum absolute atomic E-state index is 11.8. The zero-order valence-electron chi connectivity index (χ0n) is 11.9. The lowest BCUT2D eigenvalue weighted by atomic mass is 10.2. The van der Waals surface area contributed by atoms with Crippen LogP contribution in [-0.4, -0.2) is 49.8 Å². The van der Waals surface area contributed by atoms with E-state index in [2.05, 4.69) is 20.9 Å². The van der Waals surface area contributed by atoms with E-state index in [1.165, 1.54) is 0 Å². The average molecular weight is 337 g/mol. The van der Waals surface area contributed by atoms with Gasteiger partial charge in [0.15, 0.2) is 0 Å². The Morgan fingerprint density at radius 1 is 1.48 bits per heavy atom. The number of hydrogen-bond donors (Lipinski definition) is 3. The van der Waals surface area contributed by atoms with Crippen molar-refractivity contribution in [1.29, 1.82) is 0 Å². The van der Waals surface area contributed by atoms with Crippen LogP contribution in [0.2, 0.25) is 0 Å². The zero-order valence-corrected chi connectivity index (χ0v) is 13.6. The first kappa shape index (κ1) is 19.9. The fourth-order valence-corrected chi connectivity index (χ4v) is 1.90. The highest BCUT2D eigenvalue weighted by Crippen LogP contribution is 2.10. The summed E-state index contributed by atoms with van der Waals surface area (Å²) in [6.45, 7) is 5.23. The summed E-state index contributed by atoms with van der Waals surface area (Å²) in [5.74, 6) is -0.0551. The number of pyridine rings is 1. The molecule has 21 heavy (non-hydrogen) atoms. The van der Waals surface area contributed by atoms with Crippen LogP contribution in [0.1, 0.15) is 5.56 Å². The molecule has 1 fully saturated rings. The first-order chi connectivity index (χ1) is 9.27. The first-order valence-electron chi connectivity index (χ1n) is 6.52. The van der Waals surface area contributed by atoms with Gasteiger partial charge < -0.3 is 20.7 Å². The Hall–Kier alpha value is -1.08. The molecule has 1 amide bonds. The molecule has 0 radical (unpaired) electrons. The number of ether oxygens (including phenoxy) is 1. The van der Waals surface area contributed by atoms with Crippen LogP contribution in [-0.2, 0) is 9.53 Å². The third-order valence-corrected chi connectivity index (χ3v) is 2.98. The normalized spacial score (nSPS) is 17.1. The monoisotopic (exact) mass is 336 g/mol. The summed E-state index contributed by atoms with van der Waals surface area (Å²) >= 11 is 0. The van der Waals surface area contributed by atoms with Crippen molar-refractivity contribution in [2.24, 2.45) is 0 Å². The minimum Gasteiger partial charge on any atom is -0.383 e. The molecular weight excluding hydrogens is 315 g/mol. The molecule has 120 valence electrons. The van der Waals surface area contributed by atoms with Crippen molar-refractivity contribution >= 4 is 36.4 Å². The molecule has 0 saturated carbocycles. The fraction of sp³-hybridized carbons (Fsp3) is 0.538.